The summed E-state index contributed by atoms with van der Waals surface area (Å²) in [6, 6.07) is 14.9. The van der Waals surface area contributed by atoms with Crippen LogP contribution in [0.3, 0.4) is 0 Å². The Morgan fingerprint density at radius 2 is 0.737 bits per heavy atom. The summed E-state index contributed by atoms with van der Waals surface area (Å²) in [5.74, 6) is 0. The third-order valence-corrected chi connectivity index (χ3v) is 2.57. The summed E-state index contributed by atoms with van der Waals surface area (Å²) in [6.07, 6.45) is 0. The van der Waals surface area contributed by atoms with E-state index in [1.807, 2.05) is 0 Å². The zero-order valence-electron chi connectivity index (χ0n) is 12.6. The van der Waals surface area contributed by atoms with Crippen LogP contribution in [0.5, 0.6) is 0 Å². The van der Waals surface area contributed by atoms with E-state index in [-0.39, 0.29) is 17.1 Å². The quantitative estimate of drug-likeness (QED) is 0.483. The number of benzene rings is 2. The summed E-state index contributed by atoms with van der Waals surface area (Å²) >= 11 is 0. The topological polar surface area (TPSA) is 0 Å². The van der Waals surface area contributed by atoms with Crippen molar-refractivity contribution < 1.29 is 17.1 Å². The van der Waals surface area contributed by atoms with Gasteiger partial charge in [-0.05, 0) is 0 Å². The molecule has 0 aromatic heterocycles. The van der Waals surface area contributed by atoms with Crippen molar-refractivity contribution in [3.05, 3.63) is 69.8 Å². The summed E-state index contributed by atoms with van der Waals surface area (Å²) in [4.78, 5) is 0. The maximum Gasteiger partial charge on any atom is 1.00 e. The first-order chi connectivity index (χ1) is 8.36. The molecule has 19 heavy (non-hydrogen) atoms. The van der Waals surface area contributed by atoms with E-state index in [9.17, 15) is 0 Å². The van der Waals surface area contributed by atoms with Crippen LogP contribution < -0.4 is 0 Å². The molecule has 0 atom stereocenters. The Kier molecular flexibility index (Phi) is 7.75. The Morgan fingerprint density at radius 1 is 0.526 bits per heavy atom. The Hall–Kier alpha value is -1.04. The Bertz CT molecular complexity index is 377. The molecular formula is C18H22Cu-. The maximum absolute atomic E-state index is 3.21. The van der Waals surface area contributed by atoms with E-state index in [1.165, 1.54) is 33.4 Å². The van der Waals surface area contributed by atoms with Crippen LogP contribution in [0.15, 0.2) is 24.3 Å². The van der Waals surface area contributed by atoms with Crippen molar-refractivity contribution in [2.45, 2.75) is 41.5 Å². The molecule has 2 aromatic carbocycles. The van der Waals surface area contributed by atoms with Gasteiger partial charge in [0, 0.05) is 0 Å². The summed E-state index contributed by atoms with van der Waals surface area (Å²) in [6.45, 7) is 12.5. The van der Waals surface area contributed by atoms with Gasteiger partial charge in [0.1, 0.15) is 0 Å². The summed E-state index contributed by atoms with van der Waals surface area (Å²) < 4.78 is 0. The van der Waals surface area contributed by atoms with E-state index in [0.29, 0.717) is 0 Å². The molecule has 0 radical (unpaired) electrons. The van der Waals surface area contributed by atoms with Crippen LogP contribution in [0.4, 0.5) is 0 Å². The monoisotopic (exact) mass is 301 g/mol. The van der Waals surface area contributed by atoms with Crippen LogP contribution in [-0.2, 0) is 17.1 Å². The molecule has 0 saturated heterocycles. The summed E-state index contributed by atoms with van der Waals surface area (Å²) in [5.41, 5.74) is 7.56. The molecule has 1 heteroatoms. The van der Waals surface area contributed by atoms with Crippen molar-refractivity contribution in [2.75, 3.05) is 0 Å². The first kappa shape index (κ1) is 18.0. The molecule has 0 nitrogen and oxygen atoms in total. The van der Waals surface area contributed by atoms with E-state index in [1.54, 1.807) is 0 Å². The molecular weight excluding hydrogens is 280 g/mol. The summed E-state index contributed by atoms with van der Waals surface area (Å²) in [7, 11) is 0. The van der Waals surface area contributed by atoms with Gasteiger partial charge in [0.2, 0.25) is 0 Å². The second kappa shape index (κ2) is 8.19. The molecule has 0 N–H and O–H groups in total. The normalized spacial score (nSPS) is 9.16. The maximum atomic E-state index is 3.21. The zero-order chi connectivity index (χ0) is 13.7. The largest absolute Gasteiger partial charge is 1.00 e. The van der Waals surface area contributed by atoms with E-state index < -0.39 is 0 Å². The second-order valence-electron chi connectivity index (χ2n) is 5.05. The van der Waals surface area contributed by atoms with Crippen molar-refractivity contribution >= 4 is 0 Å². The van der Waals surface area contributed by atoms with E-state index in [4.69, 9.17) is 0 Å². The van der Waals surface area contributed by atoms with Crippen LogP contribution in [0.1, 0.15) is 33.4 Å². The molecule has 0 aliphatic heterocycles. The third-order valence-electron chi connectivity index (χ3n) is 2.57. The van der Waals surface area contributed by atoms with Gasteiger partial charge in [-0.2, -0.15) is 69.8 Å². The molecule has 2 rings (SSSR count). The molecule has 0 aliphatic carbocycles. The van der Waals surface area contributed by atoms with Crippen molar-refractivity contribution in [3.8, 4) is 0 Å². The fourth-order valence-electron chi connectivity index (χ4n) is 2.22. The number of rotatable bonds is 0. The Morgan fingerprint density at radius 3 is 0.895 bits per heavy atom. The molecule has 0 saturated carbocycles. The van der Waals surface area contributed by atoms with Crippen molar-refractivity contribution in [3.63, 3.8) is 0 Å². The van der Waals surface area contributed by atoms with Crippen molar-refractivity contribution in [2.24, 2.45) is 0 Å². The second-order valence-corrected chi connectivity index (χ2v) is 5.05. The average Bonchev–Trinajstić information content (AvgIpc) is 2.12. The van der Waals surface area contributed by atoms with Crippen LogP contribution in [-0.4, -0.2) is 0 Å². The Labute approximate surface area is 128 Å². The predicted octanol–water partition coefficient (Wildman–Crippen LogP) is 4.82. The van der Waals surface area contributed by atoms with Gasteiger partial charge < -0.3 is 0 Å². The van der Waals surface area contributed by atoms with Gasteiger partial charge in [0.05, 0.1) is 0 Å². The van der Waals surface area contributed by atoms with E-state index in [0.717, 1.165) is 0 Å². The van der Waals surface area contributed by atoms with Crippen molar-refractivity contribution in [1.82, 2.24) is 0 Å². The molecule has 106 valence electrons. The van der Waals surface area contributed by atoms with Crippen LogP contribution in [0.25, 0.3) is 0 Å². The van der Waals surface area contributed by atoms with Gasteiger partial charge in [-0.15, -0.1) is 0 Å². The number of hydrogen-bond acceptors (Lipinski definition) is 0. The minimum absolute atomic E-state index is 0. The molecule has 0 heterocycles. The van der Waals surface area contributed by atoms with Gasteiger partial charge in [-0.25, -0.2) is 0 Å². The average molecular weight is 302 g/mol. The molecule has 0 amide bonds. The van der Waals surface area contributed by atoms with Crippen LogP contribution in [0, 0.1) is 53.7 Å². The zero-order valence-corrected chi connectivity index (χ0v) is 13.6. The molecule has 0 fully saturated rings. The van der Waals surface area contributed by atoms with Gasteiger partial charge in [0.15, 0.2) is 0 Å². The van der Waals surface area contributed by atoms with E-state index in [2.05, 4.69) is 77.9 Å². The minimum atomic E-state index is 0. The van der Waals surface area contributed by atoms with Crippen LogP contribution >= 0.6 is 0 Å². The van der Waals surface area contributed by atoms with Gasteiger partial charge in [-0.1, -0.05) is 41.5 Å². The first-order valence-corrected chi connectivity index (χ1v) is 6.31. The van der Waals surface area contributed by atoms with Crippen LogP contribution in [0.2, 0.25) is 0 Å². The van der Waals surface area contributed by atoms with Gasteiger partial charge in [-0.3, -0.25) is 0 Å². The molecule has 0 unspecified atom stereocenters. The molecule has 0 spiro atoms. The van der Waals surface area contributed by atoms with Gasteiger partial charge in [0.25, 0.3) is 0 Å². The smallest absolute Gasteiger partial charge is 0.177 e. The fourth-order valence-corrected chi connectivity index (χ4v) is 2.22. The number of aryl methyl sites for hydroxylation is 6. The third kappa shape index (κ3) is 7.20. The molecule has 2 aromatic rings. The standard InChI is InChI=1S/2C9H11.Cu/c2*1-7-4-8(2)6-9(3)5-7;/h2*4-5H,1-3H3;/q2*-1;+1. The minimum Gasteiger partial charge on any atom is -0.177 e. The summed E-state index contributed by atoms with van der Waals surface area (Å²) in [5, 5.41) is 0. The fraction of sp³-hybridized carbons (Fsp3) is 0.333. The number of hydrogen-bond donors (Lipinski definition) is 0. The SMILES string of the molecule is Cc1[c-]c(C)cc(C)c1.Cc1[c-]c(C)cc(C)c1.[Cu+]. The molecule has 0 bridgehead atoms. The molecule has 0 aliphatic rings. The Balaban J connectivity index is 0.000000324. The van der Waals surface area contributed by atoms with Crippen molar-refractivity contribution in [1.29, 1.82) is 0 Å². The predicted molar refractivity (Wildman–Crippen MR) is 79.0 cm³/mol. The first-order valence-electron chi connectivity index (χ1n) is 6.31. The van der Waals surface area contributed by atoms with E-state index >= 15 is 0 Å². The van der Waals surface area contributed by atoms with Gasteiger partial charge >= 0.3 is 17.1 Å².